The van der Waals surface area contributed by atoms with E-state index in [1.807, 2.05) is 13.8 Å². The molecule has 1 aliphatic heterocycles. The lowest BCUT2D eigenvalue weighted by molar-refractivity contribution is -0.187. The summed E-state index contributed by atoms with van der Waals surface area (Å²) in [7, 11) is 1.01. The summed E-state index contributed by atoms with van der Waals surface area (Å²) in [4.78, 5) is 11.8. The molecule has 0 aliphatic carbocycles. The van der Waals surface area contributed by atoms with Gasteiger partial charge in [0.2, 0.25) is 6.10 Å². The molecule has 0 amide bonds. The molecule has 0 saturated carbocycles. The number of halogens is 4. The van der Waals surface area contributed by atoms with Gasteiger partial charge in [-0.15, -0.1) is 0 Å². The standard InChI is InChI=1S/C19H22ClF3O4/c1-5-11(6-2)9-26-16-10(3)15-12(8-14(16)20)7-13(18(24)25-4)17(27-15)19(21,22)23/h7-8,11,17H,5-6,9H2,1-4H3. The number of methoxy groups -OCH3 is 1. The summed E-state index contributed by atoms with van der Waals surface area (Å²) in [5, 5.41) is 0.242. The van der Waals surface area contributed by atoms with Crippen molar-refractivity contribution in [1.82, 2.24) is 0 Å². The zero-order chi connectivity index (χ0) is 20.4. The number of alkyl halides is 3. The lowest BCUT2D eigenvalue weighted by Gasteiger charge is -2.29. The Morgan fingerprint density at radius 1 is 1.33 bits per heavy atom. The molecule has 1 aromatic rings. The normalized spacial score (nSPS) is 16.5. The van der Waals surface area contributed by atoms with Crippen LogP contribution in [0.2, 0.25) is 5.02 Å². The Morgan fingerprint density at radius 3 is 2.48 bits per heavy atom. The minimum absolute atomic E-state index is 0.00562. The maximum absolute atomic E-state index is 13.4. The van der Waals surface area contributed by atoms with Gasteiger partial charge in [0.1, 0.15) is 11.5 Å². The fourth-order valence-corrected chi connectivity index (χ4v) is 3.20. The number of hydrogen-bond acceptors (Lipinski definition) is 4. The number of carbonyl (C=O) groups excluding carboxylic acids is 1. The number of rotatable bonds is 6. The summed E-state index contributed by atoms with van der Waals surface area (Å²) in [6.45, 7) is 6.06. The van der Waals surface area contributed by atoms with Crippen LogP contribution < -0.4 is 9.47 Å². The lowest BCUT2D eigenvalue weighted by Crippen LogP contribution is -2.40. The number of carbonyl (C=O) groups is 1. The largest absolute Gasteiger partial charge is 0.491 e. The fourth-order valence-electron chi connectivity index (χ4n) is 2.88. The Labute approximate surface area is 161 Å². The Balaban J connectivity index is 2.47. The van der Waals surface area contributed by atoms with E-state index in [1.54, 1.807) is 6.92 Å². The van der Waals surface area contributed by atoms with Crippen molar-refractivity contribution in [3.8, 4) is 11.5 Å². The van der Waals surface area contributed by atoms with Gasteiger partial charge in [-0.1, -0.05) is 38.3 Å². The van der Waals surface area contributed by atoms with E-state index in [0.717, 1.165) is 26.0 Å². The molecule has 1 unspecified atom stereocenters. The van der Waals surface area contributed by atoms with Gasteiger partial charge >= 0.3 is 12.1 Å². The predicted molar refractivity (Wildman–Crippen MR) is 96.2 cm³/mol. The van der Waals surface area contributed by atoms with E-state index in [-0.39, 0.29) is 22.1 Å². The van der Waals surface area contributed by atoms with Crippen molar-refractivity contribution in [3.05, 3.63) is 27.8 Å². The number of hydrogen-bond donors (Lipinski definition) is 0. The first-order valence-corrected chi connectivity index (χ1v) is 9.00. The molecule has 0 bridgehead atoms. The SMILES string of the molecule is CCC(CC)COc1c(Cl)cc2c(c1C)OC(C(F)(F)F)C(C(=O)OC)=C2. The van der Waals surface area contributed by atoms with E-state index >= 15 is 0 Å². The molecule has 1 aromatic carbocycles. The van der Waals surface area contributed by atoms with Gasteiger partial charge in [-0.3, -0.25) is 0 Å². The van der Waals surface area contributed by atoms with Gasteiger partial charge in [0, 0.05) is 11.1 Å². The number of esters is 1. The molecule has 27 heavy (non-hydrogen) atoms. The van der Waals surface area contributed by atoms with Crippen LogP contribution in [0.1, 0.15) is 37.8 Å². The quantitative estimate of drug-likeness (QED) is 0.598. The summed E-state index contributed by atoms with van der Waals surface area (Å²) in [5.74, 6) is -0.510. The zero-order valence-corrected chi connectivity index (χ0v) is 16.3. The highest BCUT2D eigenvalue weighted by Gasteiger charge is 2.49. The smallest absolute Gasteiger partial charge is 0.430 e. The molecule has 0 spiro atoms. The van der Waals surface area contributed by atoms with Crippen LogP contribution in [-0.2, 0) is 9.53 Å². The molecule has 150 valence electrons. The van der Waals surface area contributed by atoms with Crippen molar-refractivity contribution in [2.45, 2.75) is 45.9 Å². The number of ether oxygens (including phenoxy) is 3. The second kappa shape index (κ2) is 8.42. The van der Waals surface area contributed by atoms with Crippen LogP contribution >= 0.6 is 11.6 Å². The third-order valence-corrected chi connectivity index (χ3v) is 4.89. The van der Waals surface area contributed by atoms with Crippen LogP contribution in [0.5, 0.6) is 11.5 Å². The van der Waals surface area contributed by atoms with Crippen LogP contribution in [-0.4, -0.2) is 32.0 Å². The van der Waals surface area contributed by atoms with Gasteiger partial charge in [0.25, 0.3) is 0 Å². The highest BCUT2D eigenvalue weighted by Crippen LogP contribution is 2.45. The minimum Gasteiger partial charge on any atom is -0.491 e. The monoisotopic (exact) mass is 406 g/mol. The first kappa shape index (κ1) is 21.4. The van der Waals surface area contributed by atoms with Crippen LogP contribution in [0, 0.1) is 12.8 Å². The third kappa shape index (κ3) is 4.51. The highest BCUT2D eigenvalue weighted by atomic mass is 35.5. The Hall–Kier alpha value is -1.89. The molecule has 0 N–H and O–H groups in total. The summed E-state index contributed by atoms with van der Waals surface area (Å²) in [6.07, 6.45) is -4.26. The van der Waals surface area contributed by atoms with E-state index in [0.29, 0.717) is 18.1 Å². The first-order valence-electron chi connectivity index (χ1n) is 8.63. The molecule has 0 fully saturated rings. The van der Waals surface area contributed by atoms with E-state index in [4.69, 9.17) is 21.1 Å². The van der Waals surface area contributed by atoms with Crippen LogP contribution in [0.3, 0.4) is 0 Å². The first-order chi connectivity index (χ1) is 12.6. The van der Waals surface area contributed by atoms with Gasteiger partial charge in [0.15, 0.2) is 0 Å². The van der Waals surface area contributed by atoms with Crippen molar-refractivity contribution < 1.29 is 32.2 Å². The zero-order valence-electron chi connectivity index (χ0n) is 15.6. The van der Waals surface area contributed by atoms with Crippen molar-refractivity contribution in [1.29, 1.82) is 0 Å². The predicted octanol–water partition coefficient (Wildman–Crippen LogP) is 5.34. The number of benzene rings is 1. The average Bonchev–Trinajstić information content (AvgIpc) is 2.62. The van der Waals surface area contributed by atoms with Crippen molar-refractivity contribution >= 4 is 23.6 Å². The van der Waals surface area contributed by atoms with Crippen molar-refractivity contribution in [2.24, 2.45) is 5.92 Å². The van der Waals surface area contributed by atoms with E-state index in [2.05, 4.69) is 4.74 Å². The molecule has 1 heterocycles. The molecule has 1 aliphatic rings. The van der Waals surface area contributed by atoms with E-state index in [1.165, 1.54) is 6.07 Å². The molecular formula is C19H22ClF3O4. The Bertz CT molecular complexity index is 739. The molecule has 0 aromatic heterocycles. The summed E-state index contributed by atoms with van der Waals surface area (Å²) in [6, 6.07) is 1.43. The summed E-state index contributed by atoms with van der Waals surface area (Å²) in [5.41, 5.74) is 0.00446. The van der Waals surface area contributed by atoms with Crippen LogP contribution in [0.15, 0.2) is 11.6 Å². The maximum Gasteiger partial charge on any atom is 0.430 e. The fraction of sp³-hybridized carbons (Fsp3) is 0.526. The molecule has 1 atom stereocenters. The van der Waals surface area contributed by atoms with Crippen molar-refractivity contribution in [2.75, 3.05) is 13.7 Å². The third-order valence-electron chi connectivity index (χ3n) is 4.61. The molecular weight excluding hydrogens is 385 g/mol. The van der Waals surface area contributed by atoms with E-state index in [9.17, 15) is 18.0 Å². The maximum atomic E-state index is 13.4. The van der Waals surface area contributed by atoms with Gasteiger partial charge in [-0.25, -0.2) is 4.79 Å². The van der Waals surface area contributed by atoms with Gasteiger partial charge in [-0.05, 0) is 25.0 Å². The van der Waals surface area contributed by atoms with Gasteiger partial charge in [0.05, 0.1) is 24.3 Å². The molecule has 8 heteroatoms. The number of fused-ring (bicyclic) bond motifs is 1. The topological polar surface area (TPSA) is 44.8 Å². The molecule has 0 radical (unpaired) electrons. The summed E-state index contributed by atoms with van der Waals surface area (Å²) < 4.78 is 55.7. The van der Waals surface area contributed by atoms with Gasteiger partial charge < -0.3 is 14.2 Å². The average molecular weight is 407 g/mol. The van der Waals surface area contributed by atoms with Crippen LogP contribution in [0.4, 0.5) is 13.2 Å². The Kier molecular flexibility index (Phi) is 6.68. The van der Waals surface area contributed by atoms with E-state index < -0.39 is 23.8 Å². The molecule has 0 saturated heterocycles. The van der Waals surface area contributed by atoms with Crippen LogP contribution in [0.25, 0.3) is 6.08 Å². The minimum atomic E-state index is -4.78. The van der Waals surface area contributed by atoms with Gasteiger partial charge in [-0.2, -0.15) is 13.2 Å². The highest BCUT2D eigenvalue weighted by molar-refractivity contribution is 6.32. The second-order valence-corrected chi connectivity index (χ2v) is 6.76. The molecule has 2 rings (SSSR count). The van der Waals surface area contributed by atoms with Crippen molar-refractivity contribution in [3.63, 3.8) is 0 Å². The second-order valence-electron chi connectivity index (χ2n) is 6.36. The Morgan fingerprint density at radius 2 is 1.96 bits per heavy atom. The molecule has 4 nitrogen and oxygen atoms in total. The summed E-state index contributed by atoms with van der Waals surface area (Å²) >= 11 is 6.28. The lowest BCUT2D eigenvalue weighted by atomic mass is 9.98.